The summed E-state index contributed by atoms with van der Waals surface area (Å²) in [6.45, 7) is 5.82. The molecule has 0 spiro atoms. The van der Waals surface area contributed by atoms with Gasteiger partial charge in [0.2, 0.25) is 0 Å². The molecule has 0 aromatic carbocycles. The van der Waals surface area contributed by atoms with E-state index >= 15 is 0 Å². The van der Waals surface area contributed by atoms with Crippen LogP contribution in [0.4, 0.5) is 0 Å². The molecule has 1 fully saturated rings. The summed E-state index contributed by atoms with van der Waals surface area (Å²) < 4.78 is 0. The molecule has 0 bridgehead atoms. The zero-order valence-corrected chi connectivity index (χ0v) is 6.14. The molecule has 0 heterocycles. The fourth-order valence-corrected chi connectivity index (χ4v) is 1.59. The first-order valence-corrected chi connectivity index (χ1v) is 3.82. The van der Waals surface area contributed by atoms with Crippen molar-refractivity contribution in [3.63, 3.8) is 0 Å². The molecule has 0 amide bonds. The summed E-state index contributed by atoms with van der Waals surface area (Å²) in [5.41, 5.74) is 0. The zero-order chi connectivity index (χ0) is 6.69. The van der Waals surface area contributed by atoms with E-state index in [0.29, 0.717) is 6.04 Å². The Hall–Kier alpha value is -0.330. The highest BCUT2D eigenvalue weighted by molar-refractivity contribution is 5.24. The van der Waals surface area contributed by atoms with Gasteiger partial charge in [-0.1, -0.05) is 13.3 Å². The van der Waals surface area contributed by atoms with Gasteiger partial charge in [-0.15, -0.1) is 0 Å². The Morgan fingerprint density at radius 3 is 2.67 bits per heavy atom. The largest absolute Gasteiger partial charge is 0.298 e. The summed E-state index contributed by atoms with van der Waals surface area (Å²) in [7, 11) is 0. The van der Waals surface area contributed by atoms with E-state index in [4.69, 9.17) is 0 Å². The Morgan fingerprint density at radius 2 is 2.33 bits per heavy atom. The van der Waals surface area contributed by atoms with Crippen molar-refractivity contribution < 1.29 is 0 Å². The van der Waals surface area contributed by atoms with E-state index in [1.54, 1.807) is 0 Å². The van der Waals surface area contributed by atoms with Gasteiger partial charge in [0.1, 0.15) is 0 Å². The second kappa shape index (κ2) is 3.00. The lowest BCUT2D eigenvalue weighted by atomic mass is 10.1. The Kier molecular flexibility index (Phi) is 2.26. The molecule has 1 saturated carbocycles. The minimum absolute atomic E-state index is 0.593. The third-order valence-electron chi connectivity index (χ3n) is 2.35. The molecule has 0 radical (unpaired) electrons. The molecule has 0 aliphatic heterocycles. The normalized spacial score (nSPS) is 34.8. The molecular formula is C8H15N. The highest BCUT2D eigenvalue weighted by atomic mass is 14.8. The van der Waals surface area contributed by atoms with Crippen LogP contribution in [0.3, 0.4) is 0 Å². The molecule has 1 nitrogen and oxygen atoms in total. The van der Waals surface area contributed by atoms with Crippen LogP contribution in [0.5, 0.6) is 0 Å². The van der Waals surface area contributed by atoms with Crippen molar-refractivity contribution in [1.82, 2.24) is 0 Å². The van der Waals surface area contributed by atoms with Gasteiger partial charge in [0.25, 0.3) is 0 Å². The van der Waals surface area contributed by atoms with E-state index in [0.717, 1.165) is 5.92 Å². The Labute approximate surface area is 57.2 Å². The minimum atomic E-state index is 0.593. The Morgan fingerprint density at radius 1 is 1.56 bits per heavy atom. The van der Waals surface area contributed by atoms with Crippen molar-refractivity contribution in [3.8, 4) is 0 Å². The summed E-state index contributed by atoms with van der Waals surface area (Å²) in [6, 6.07) is 0.593. The van der Waals surface area contributed by atoms with Crippen LogP contribution in [0.25, 0.3) is 0 Å². The van der Waals surface area contributed by atoms with Gasteiger partial charge in [-0.25, -0.2) is 0 Å². The number of hydrogen-bond donors (Lipinski definition) is 0. The van der Waals surface area contributed by atoms with Gasteiger partial charge in [-0.2, -0.15) is 0 Å². The average molecular weight is 125 g/mol. The molecule has 0 N–H and O–H groups in total. The molecule has 52 valence electrons. The van der Waals surface area contributed by atoms with Crippen molar-refractivity contribution in [3.05, 3.63) is 0 Å². The lowest BCUT2D eigenvalue weighted by Gasteiger charge is -2.02. The smallest absolute Gasteiger partial charge is 0.0495 e. The number of aliphatic imine (C=N–C) groups is 1. The summed E-state index contributed by atoms with van der Waals surface area (Å²) in [6.07, 6.45) is 5.27. The molecular weight excluding hydrogens is 110 g/mol. The summed E-state index contributed by atoms with van der Waals surface area (Å²) >= 11 is 0. The third kappa shape index (κ3) is 1.54. The molecule has 9 heavy (non-hydrogen) atoms. The van der Waals surface area contributed by atoms with Gasteiger partial charge in [0.15, 0.2) is 0 Å². The maximum atomic E-state index is 4.04. The maximum absolute atomic E-state index is 4.04. The van der Waals surface area contributed by atoms with E-state index in [2.05, 4.69) is 18.6 Å². The SMILES string of the molecule is C=NC1CCC(CC)C1. The molecule has 1 heteroatoms. The van der Waals surface area contributed by atoms with Crippen molar-refractivity contribution in [2.75, 3.05) is 0 Å². The van der Waals surface area contributed by atoms with Gasteiger partial charge < -0.3 is 0 Å². The van der Waals surface area contributed by atoms with Gasteiger partial charge in [-0.05, 0) is 31.9 Å². The van der Waals surface area contributed by atoms with Crippen molar-refractivity contribution in [1.29, 1.82) is 0 Å². The number of hydrogen-bond acceptors (Lipinski definition) is 1. The lowest BCUT2D eigenvalue weighted by molar-refractivity contribution is 0.521. The number of nitrogens with zero attached hydrogens (tertiary/aromatic N) is 1. The second-order valence-electron chi connectivity index (χ2n) is 2.92. The first-order valence-electron chi connectivity index (χ1n) is 3.82. The van der Waals surface area contributed by atoms with Crippen molar-refractivity contribution in [2.24, 2.45) is 10.9 Å². The molecule has 1 rings (SSSR count). The van der Waals surface area contributed by atoms with E-state index < -0.39 is 0 Å². The van der Waals surface area contributed by atoms with Crippen LogP contribution in [-0.2, 0) is 0 Å². The molecule has 0 aromatic rings. The van der Waals surface area contributed by atoms with Crippen LogP contribution in [-0.4, -0.2) is 12.8 Å². The zero-order valence-electron chi connectivity index (χ0n) is 6.14. The van der Waals surface area contributed by atoms with E-state index in [9.17, 15) is 0 Å². The summed E-state index contributed by atoms with van der Waals surface area (Å²) in [5, 5.41) is 0. The molecule has 0 aromatic heterocycles. The van der Waals surface area contributed by atoms with Crippen LogP contribution < -0.4 is 0 Å². The van der Waals surface area contributed by atoms with Gasteiger partial charge in [-0.3, -0.25) is 4.99 Å². The summed E-state index contributed by atoms with van der Waals surface area (Å²) in [5.74, 6) is 0.945. The van der Waals surface area contributed by atoms with Gasteiger partial charge in [0, 0.05) is 6.04 Å². The first-order chi connectivity index (χ1) is 4.36. The van der Waals surface area contributed by atoms with E-state index in [1.165, 1.54) is 25.7 Å². The van der Waals surface area contributed by atoms with Crippen molar-refractivity contribution >= 4 is 6.72 Å². The molecule has 1 aliphatic carbocycles. The standard InChI is InChI=1S/C8H15N/c1-3-7-4-5-8(6-7)9-2/h7-8H,2-6H2,1H3. The fourth-order valence-electron chi connectivity index (χ4n) is 1.59. The Balaban J connectivity index is 2.28. The second-order valence-corrected chi connectivity index (χ2v) is 2.92. The van der Waals surface area contributed by atoms with Crippen LogP contribution in [0, 0.1) is 5.92 Å². The topological polar surface area (TPSA) is 12.4 Å². The van der Waals surface area contributed by atoms with E-state index in [-0.39, 0.29) is 0 Å². The Bertz CT molecular complexity index is 98.7. The monoisotopic (exact) mass is 125 g/mol. The fraction of sp³-hybridized carbons (Fsp3) is 0.875. The predicted molar refractivity (Wildman–Crippen MR) is 41.0 cm³/mol. The average Bonchev–Trinajstić information content (AvgIpc) is 2.34. The highest BCUT2D eigenvalue weighted by Gasteiger charge is 2.21. The van der Waals surface area contributed by atoms with Crippen molar-refractivity contribution in [2.45, 2.75) is 38.6 Å². The molecule has 2 unspecified atom stereocenters. The number of rotatable bonds is 2. The van der Waals surface area contributed by atoms with Gasteiger partial charge >= 0.3 is 0 Å². The van der Waals surface area contributed by atoms with Crippen LogP contribution in [0.1, 0.15) is 32.6 Å². The van der Waals surface area contributed by atoms with Crippen LogP contribution >= 0.6 is 0 Å². The lowest BCUT2D eigenvalue weighted by Crippen LogP contribution is -1.96. The van der Waals surface area contributed by atoms with Crippen LogP contribution in [0.15, 0.2) is 4.99 Å². The quantitative estimate of drug-likeness (QED) is 0.502. The van der Waals surface area contributed by atoms with Crippen LogP contribution in [0.2, 0.25) is 0 Å². The molecule has 0 saturated heterocycles. The van der Waals surface area contributed by atoms with Gasteiger partial charge in [0.05, 0.1) is 0 Å². The molecule has 2 atom stereocenters. The molecule has 1 aliphatic rings. The minimum Gasteiger partial charge on any atom is -0.298 e. The first kappa shape index (κ1) is 6.79. The highest BCUT2D eigenvalue weighted by Crippen LogP contribution is 2.29. The third-order valence-corrected chi connectivity index (χ3v) is 2.35. The summed E-state index contributed by atoms with van der Waals surface area (Å²) in [4.78, 5) is 4.04. The maximum Gasteiger partial charge on any atom is 0.0495 e. The predicted octanol–water partition coefficient (Wildman–Crippen LogP) is 2.27. The van der Waals surface area contributed by atoms with E-state index in [1.807, 2.05) is 0 Å².